The van der Waals surface area contributed by atoms with Crippen molar-refractivity contribution in [3.05, 3.63) is 177 Å². The van der Waals surface area contributed by atoms with Crippen LogP contribution in [0.3, 0.4) is 0 Å². The molecule has 1 nitrogen and oxygen atoms in total. The molecule has 4 atom stereocenters. The van der Waals surface area contributed by atoms with Crippen LogP contribution >= 0.6 is 9.24 Å². The van der Waals surface area contributed by atoms with Gasteiger partial charge in [0.1, 0.15) is 0 Å². The van der Waals surface area contributed by atoms with Crippen LogP contribution in [0.2, 0.25) is 0 Å². The Hall–Kier alpha value is -3.71. The molecule has 4 aromatic rings. The van der Waals surface area contributed by atoms with E-state index in [1.165, 1.54) is 61.2 Å². The molecule has 0 bridgehead atoms. The second-order valence-corrected chi connectivity index (χ2v) is 16.4. The number of rotatable bonds is 5. The van der Waals surface area contributed by atoms with Gasteiger partial charge in [0.25, 0.3) is 0 Å². The summed E-state index contributed by atoms with van der Waals surface area (Å²) in [6.45, 7) is 13.4. The monoisotopic (exact) mass is 643 g/mol. The van der Waals surface area contributed by atoms with Crippen molar-refractivity contribution in [2.45, 2.75) is 81.9 Å². The molecule has 8 rings (SSSR count). The van der Waals surface area contributed by atoms with Crippen LogP contribution in [-0.4, -0.2) is 18.2 Å². The summed E-state index contributed by atoms with van der Waals surface area (Å²) < 4.78 is 6.89. The molecular formula is C45H45BOP. The topological polar surface area (TPSA) is 9.23 Å². The van der Waals surface area contributed by atoms with Gasteiger partial charge in [-0.1, -0.05) is 142 Å². The zero-order valence-corrected chi connectivity index (χ0v) is 30.3. The number of fused-ring (bicyclic) bond motifs is 12. The number of hydrogen-bond donors (Lipinski definition) is 0. The van der Waals surface area contributed by atoms with Crippen molar-refractivity contribution >= 4 is 27.8 Å². The SMILES string of the molecule is C/C=C1\C(CC)c2ccccc2[C@]12c1ccccc1C1(C3=C(CC=CC=C3)c3ccccc31)c1c([B]OC(C)(C)C(C)(C)P)cccc12. The van der Waals surface area contributed by atoms with E-state index >= 15 is 0 Å². The van der Waals surface area contributed by atoms with E-state index in [0.29, 0.717) is 5.92 Å². The van der Waals surface area contributed by atoms with Crippen LogP contribution in [-0.2, 0) is 15.5 Å². The summed E-state index contributed by atoms with van der Waals surface area (Å²) in [5.41, 5.74) is 15.1. The number of benzene rings is 4. The second kappa shape index (κ2) is 11.2. The molecule has 4 aliphatic carbocycles. The highest BCUT2D eigenvalue weighted by atomic mass is 31.0. The molecule has 0 saturated heterocycles. The van der Waals surface area contributed by atoms with Gasteiger partial charge in [-0.3, -0.25) is 0 Å². The molecule has 1 radical (unpaired) electrons. The van der Waals surface area contributed by atoms with Crippen LogP contribution in [0.5, 0.6) is 0 Å². The van der Waals surface area contributed by atoms with E-state index in [9.17, 15) is 0 Å². The molecule has 4 aromatic carbocycles. The molecule has 0 amide bonds. The Kier molecular flexibility index (Phi) is 7.34. The first kappa shape index (κ1) is 31.6. The zero-order valence-electron chi connectivity index (χ0n) is 29.1. The third kappa shape index (κ3) is 4.00. The average molecular weight is 644 g/mol. The van der Waals surface area contributed by atoms with Gasteiger partial charge in [-0.2, -0.15) is 0 Å². The third-order valence-corrected chi connectivity index (χ3v) is 12.8. The van der Waals surface area contributed by atoms with Crippen molar-refractivity contribution in [1.82, 2.24) is 0 Å². The van der Waals surface area contributed by atoms with E-state index in [1.54, 1.807) is 0 Å². The molecule has 4 aliphatic rings. The number of hydrogen-bond acceptors (Lipinski definition) is 1. The third-order valence-electron chi connectivity index (χ3n) is 12.1. The maximum absolute atomic E-state index is 6.89. The minimum atomic E-state index is -0.513. The van der Waals surface area contributed by atoms with E-state index in [-0.39, 0.29) is 5.16 Å². The Bertz CT molecular complexity index is 2090. The minimum Gasteiger partial charge on any atom is -0.429 e. The molecule has 0 aliphatic heterocycles. The Morgan fingerprint density at radius 2 is 1.44 bits per heavy atom. The first-order valence-electron chi connectivity index (χ1n) is 17.6. The fraction of sp³-hybridized carbons (Fsp3) is 0.289. The maximum atomic E-state index is 6.89. The summed E-state index contributed by atoms with van der Waals surface area (Å²) in [6, 6.07) is 34.8. The predicted octanol–water partition coefficient (Wildman–Crippen LogP) is 10.1. The average Bonchev–Trinajstić information content (AvgIpc) is 3.37. The lowest BCUT2D eigenvalue weighted by Crippen LogP contribution is -2.50. The molecule has 0 aromatic heterocycles. The molecular weight excluding hydrogens is 598 g/mol. The van der Waals surface area contributed by atoms with Crippen molar-refractivity contribution in [1.29, 1.82) is 0 Å². The molecule has 3 unspecified atom stereocenters. The van der Waals surface area contributed by atoms with Gasteiger partial charge in [-0.15, -0.1) is 9.24 Å². The van der Waals surface area contributed by atoms with E-state index in [1.807, 2.05) is 0 Å². The second-order valence-electron chi connectivity index (χ2n) is 15.0. The highest BCUT2D eigenvalue weighted by Crippen LogP contribution is 2.68. The van der Waals surface area contributed by atoms with Crippen LogP contribution in [0.15, 0.2) is 133 Å². The fourth-order valence-electron chi connectivity index (χ4n) is 9.38. The highest BCUT2D eigenvalue weighted by molar-refractivity contribution is 7.19. The smallest absolute Gasteiger partial charge is 0.331 e. The fourth-order valence-corrected chi connectivity index (χ4v) is 9.44. The standard InChI is InChI=1S/C45H45BOP/c1-7-29-30-20-12-14-23-34(30)44(33(29)8-2)37-25-16-17-26-38(37)45(35-22-11-9-10-19-31(35)32-21-13-15-24-36(32)45)41-39(44)27-18-28-40(41)46-47-42(3,4)43(5,6)48/h8-18,20-29H,7,19,48H2,1-6H3/b33-8+/t29?,44-,45?/m0/s1. The lowest BCUT2D eigenvalue weighted by atomic mass is 9.49. The molecule has 239 valence electrons. The summed E-state index contributed by atoms with van der Waals surface area (Å²) in [5, 5.41) is -0.133. The van der Waals surface area contributed by atoms with E-state index in [0.717, 1.165) is 18.3 Å². The van der Waals surface area contributed by atoms with Gasteiger partial charge in [0.15, 0.2) is 0 Å². The maximum Gasteiger partial charge on any atom is 0.331 e. The molecule has 0 N–H and O–H groups in total. The normalized spacial score (nSPS) is 24.4. The molecule has 3 heteroatoms. The first-order chi connectivity index (χ1) is 23.1. The van der Waals surface area contributed by atoms with E-state index in [2.05, 4.69) is 180 Å². The van der Waals surface area contributed by atoms with Crippen LogP contribution < -0.4 is 5.46 Å². The highest BCUT2D eigenvalue weighted by Gasteiger charge is 2.61. The van der Waals surface area contributed by atoms with Crippen LogP contribution in [0, 0.1) is 0 Å². The first-order valence-corrected chi connectivity index (χ1v) is 18.2. The van der Waals surface area contributed by atoms with Gasteiger partial charge in [0.2, 0.25) is 0 Å². The summed E-state index contributed by atoms with van der Waals surface area (Å²) in [4.78, 5) is 0. The number of allylic oxidation sites excluding steroid dienone is 8. The summed E-state index contributed by atoms with van der Waals surface area (Å²) >= 11 is 0. The quantitative estimate of drug-likeness (QED) is 0.120. The molecule has 48 heavy (non-hydrogen) atoms. The van der Waals surface area contributed by atoms with Gasteiger partial charge >= 0.3 is 7.48 Å². The molecule has 0 heterocycles. The Morgan fingerprint density at radius 1 is 0.792 bits per heavy atom. The Morgan fingerprint density at radius 3 is 2.15 bits per heavy atom. The van der Waals surface area contributed by atoms with Gasteiger partial charge in [-0.25, -0.2) is 0 Å². The van der Waals surface area contributed by atoms with Crippen molar-refractivity contribution in [2.75, 3.05) is 0 Å². The van der Waals surface area contributed by atoms with Crippen LogP contribution in [0.4, 0.5) is 0 Å². The molecule has 0 fully saturated rings. The van der Waals surface area contributed by atoms with E-state index in [4.69, 9.17) is 4.65 Å². The Balaban J connectivity index is 1.55. The lowest BCUT2D eigenvalue weighted by molar-refractivity contribution is 0.0840. The van der Waals surface area contributed by atoms with Gasteiger partial charge in [0, 0.05) is 11.1 Å². The lowest BCUT2D eigenvalue weighted by Gasteiger charge is -2.51. The van der Waals surface area contributed by atoms with Gasteiger partial charge in [0.05, 0.1) is 16.4 Å². The van der Waals surface area contributed by atoms with Crippen molar-refractivity contribution in [3.8, 4) is 0 Å². The molecule has 2 spiro atoms. The predicted molar refractivity (Wildman–Crippen MR) is 206 cm³/mol. The zero-order chi connectivity index (χ0) is 33.5. The molecule has 0 saturated carbocycles. The Labute approximate surface area is 290 Å². The van der Waals surface area contributed by atoms with Crippen molar-refractivity contribution < 1.29 is 4.65 Å². The van der Waals surface area contributed by atoms with Crippen molar-refractivity contribution in [3.63, 3.8) is 0 Å². The summed E-state index contributed by atoms with van der Waals surface area (Å²) in [5.74, 6) is 0.342. The summed E-state index contributed by atoms with van der Waals surface area (Å²) in [7, 11) is 5.09. The van der Waals surface area contributed by atoms with Crippen LogP contribution in [0.1, 0.15) is 105 Å². The minimum absolute atomic E-state index is 0.133. The van der Waals surface area contributed by atoms with Gasteiger partial charge < -0.3 is 4.65 Å². The largest absolute Gasteiger partial charge is 0.429 e. The van der Waals surface area contributed by atoms with Crippen LogP contribution in [0.25, 0.3) is 5.57 Å². The van der Waals surface area contributed by atoms with Gasteiger partial charge in [-0.05, 0) is 100 Å². The van der Waals surface area contributed by atoms with Crippen molar-refractivity contribution in [2.24, 2.45) is 0 Å². The van der Waals surface area contributed by atoms with E-state index < -0.39 is 16.4 Å². The summed E-state index contributed by atoms with van der Waals surface area (Å²) in [6.07, 6.45) is 13.6.